The fourth-order valence-corrected chi connectivity index (χ4v) is 3.66. The van der Waals surface area contributed by atoms with Gasteiger partial charge < -0.3 is 4.74 Å². The zero-order chi connectivity index (χ0) is 16.3. The predicted molar refractivity (Wildman–Crippen MR) is 83.5 cm³/mol. The molecular formula is C16H19NO4S. The number of sulfonamides is 1. The molecule has 1 aromatic rings. The molecule has 118 valence electrons. The maximum absolute atomic E-state index is 12.7. The molecule has 1 aliphatic rings. The fourth-order valence-electron chi connectivity index (χ4n) is 2.17. The van der Waals surface area contributed by atoms with Gasteiger partial charge in [0.1, 0.15) is 0 Å². The van der Waals surface area contributed by atoms with Crippen LogP contribution in [0.3, 0.4) is 0 Å². The molecule has 0 N–H and O–H groups in total. The van der Waals surface area contributed by atoms with Crippen molar-refractivity contribution in [2.45, 2.75) is 25.7 Å². The Kier molecular flexibility index (Phi) is 4.71. The Labute approximate surface area is 130 Å². The zero-order valence-corrected chi connectivity index (χ0v) is 13.7. The highest BCUT2D eigenvalue weighted by Gasteiger charge is 2.30. The van der Waals surface area contributed by atoms with E-state index in [1.165, 1.54) is 10.4 Å². The van der Waals surface area contributed by atoms with E-state index in [-0.39, 0.29) is 18.0 Å². The molecule has 1 aromatic carbocycles. The summed E-state index contributed by atoms with van der Waals surface area (Å²) in [4.78, 5) is 11.8. The van der Waals surface area contributed by atoms with Crippen LogP contribution in [-0.4, -0.2) is 31.8 Å². The second kappa shape index (κ2) is 6.36. The zero-order valence-electron chi connectivity index (χ0n) is 12.9. The molecule has 0 saturated carbocycles. The van der Waals surface area contributed by atoms with Crippen LogP contribution in [0.2, 0.25) is 0 Å². The smallest absolute Gasteiger partial charge is 0.332 e. The number of rotatable bonds is 4. The lowest BCUT2D eigenvalue weighted by Gasteiger charge is -2.20. The Morgan fingerprint density at radius 1 is 1.27 bits per heavy atom. The highest BCUT2D eigenvalue weighted by atomic mass is 32.2. The Bertz CT molecular complexity index is 730. The summed E-state index contributed by atoms with van der Waals surface area (Å²) < 4.78 is 31.6. The molecule has 0 bridgehead atoms. The first kappa shape index (κ1) is 16.3. The van der Waals surface area contributed by atoms with Crippen LogP contribution in [0.5, 0.6) is 0 Å². The minimum Gasteiger partial charge on any atom is -0.463 e. The van der Waals surface area contributed by atoms with Crippen molar-refractivity contribution >= 4 is 16.0 Å². The summed E-state index contributed by atoms with van der Waals surface area (Å²) in [6, 6.07) is 6.64. The van der Waals surface area contributed by atoms with Crippen molar-refractivity contribution in [3.63, 3.8) is 0 Å². The van der Waals surface area contributed by atoms with E-state index >= 15 is 0 Å². The summed E-state index contributed by atoms with van der Waals surface area (Å²) in [6.07, 6.45) is 2.90. The van der Waals surface area contributed by atoms with Crippen molar-refractivity contribution in [1.29, 1.82) is 0 Å². The van der Waals surface area contributed by atoms with Gasteiger partial charge in [0.15, 0.2) is 0 Å². The number of hydrogen-bond acceptors (Lipinski definition) is 4. The number of carbonyl (C=O) groups is 1. The van der Waals surface area contributed by atoms with E-state index in [1.807, 2.05) is 13.8 Å². The molecule has 0 atom stereocenters. The van der Waals surface area contributed by atoms with E-state index in [1.54, 1.807) is 37.3 Å². The van der Waals surface area contributed by atoms with Crippen molar-refractivity contribution in [3.05, 3.63) is 53.3 Å². The second-order valence-corrected chi connectivity index (χ2v) is 7.00. The number of hydrogen-bond donors (Lipinski definition) is 0. The lowest BCUT2D eigenvalue weighted by molar-refractivity contribution is -0.137. The van der Waals surface area contributed by atoms with Gasteiger partial charge in [0.25, 0.3) is 10.0 Å². The van der Waals surface area contributed by atoms with Crippen LogP contribution in [0.1, 0.15) is 19.4 Å². The average molecular weight is 321 g/mol. The number of carbonyl (C=O) groups excluding carboxylic acids is 1. The molecule has 0 unspecified atom stereocenters. The van der Waals surface area contributed by atoms with Crippen molar-refractivity contribution < 1.29 is 17.9 Å². The average Bonchev–Trinajstić information content (AvgIpc) is 2.81. The monoisotopic (exact) mass is 321 g/mol. The molecule has 0 spiro atoms. The lowest BCUT2D eigenvalue weighted by atomic mass is 10.2. The predicted octanol–water partition coefficient (Wildman–Crippen LogP) is 2.39. The first-order chi connectivity index (χ1) is 10.3. The van der Waals surface area contributed by atoms with Crippen LogP contribution < -0.4 is 0 Å². The van der Waals surface area contributed by atoms with E-state index in [0.717, 1.165) is 11.1 Å². The van der Waals surface area contributed by atoms with Gasteiger partial charge in [-0.1, -0.05) is 23.3 Å². The van der Waals surface area contributed by atoms with Gasteiger partial charge in [-0.05, 0) is 39.0 Å². The number of ether oxygens (including phenoxy) is 1. The van der Waals surface area contributed by atoms with Gasteiger partial charge in [-0.2, -0.15) is 0 Å². The van der Waals surface area contributed by atoms with Crippen LogP contribution in [0.15, 0.2) is 52.6 Å². The van der Waals surface area contributed by atoms with E-state index < -0.39 is 16.0 Å². The summed E-state index contributed by atoms with van der Waals surface area (Å²) in [5.74, 6) is -0.549. The lowest BCUT2D eigenvalue weighted by Crippen LogP contribution is -2.28. The molecule has 6 heteroatoms. The molecule has 1 aliphatic heterocycles. The Hall–Kier alpha value is -2.08. The normalized spacial score (nSPS) is 16.8. The maximum atomic E-state index is 12.7. The molecule has 0 aliphatic carbocycles. The molecule has 2 rings (SSSR count). The SMILES string of the molecule is CCOC(=O)/C=C1\C=C(C)CN1S(=O)(=O)c1ccc(C)cc1. The fraction of sp³-hybridized carbons (Fsp3) is 0.312. The summed E-state index contributed by atoms with van der Waals surface area (Å²) in [5.41, 5.74) is 2.18. The minimum absolute atomic E-state index is 0.205. The molecule has 0 fully saturated rings. The molecule has 22 heavy (non-hydrogen) atoms. The van der Waals surface area contributed by atoms with Crippen molar-refractivity contribution in [2.75, 3.05) is 13.2 Å². The first-order valence-corrected chi connectivity index (χ1v) is 8.43. The quantitative estimate of drug-likeness (QED) is 0.631. The van der Waals surface area contributed by atoms with E-state index in [0.29, 0.717) is 5.70 Å². The van der Waals surface area contributed by atoms with E-state index in [9.17, 15) is 13.2 Å². The molecule has 0 amide bonds. The maximum Gasteiger partial charge on any atom is 0.332 e. The van der Waals surface area contributed by atoms with Gasteiger partial charge in [0, 0.05) is 6.08 Å². The molecule has 5 nitrogen and oxygen atoms in total. The van der Waals surface area contributed by atoms with E-state index in [2.05, 4.69) is 0 Å². The van der Waals surface area contributed by atoms with Crippen molar-refractivity contribution in [2.24, 2.45) is 0 Å². The van der Waals surface area contributed by atoms with Crippen LogP contribution in [0, 0.1) is 6.92 Å². The van der Waals surface area contributed by atoms with Gasteiger partial charge in [-0.25, -0.2) is 13.2 Å². The Morgan fingerprint density at radius 3 is 2.50 bits per heavy atom. The van der Waals surface area contributed by atoms with Gasteiger partial charge >= 0.3 is 5.97 Å². The van der Waals surface area contributed by atoms with Crippen molar-refractivity contribution in [1.82, 2.24) is 4.31 Å². The summed E-state index contributed by atoms with van der Waals surface area (Å²) >= 11 is 0. The Balaban J connectivity index is 2.37. The van der Waals surface area contributed by atoms with Gasteiger partial charge in [-0.15, -0.1) is 0 Å². The van der Waals surface area contributed by atoms with Crippen molar-refractivity contribution in [3.8, 4) is 0 Å². The first-order valence-electron chi connectivity index (χ1n) is 6.99. The van der Waals surface area contributed by atoms with Gasteiger partial charge in [0.05, 0.1) is 23.7 Å². The summed E-state index contributed by atoms with van der Waals surface area (Å²) in [6.45, 7) is 5.90. The Morgan fingerprint density at radius 2 is 1.91 bits per heavy atom. The van der Waals surface area contributed by atoms with E-state index in [4.69, 9.17) is 4.74 Å². The largest absolute Gasteiger partial charge is 0.463 e. The number of allylic oxidation sites excluding steroid dienone is 1. The van der Waals surface area contributed by atoms with Crippen LogP contribution >= 0.6 is 0 Å². The number of benzene rings is 1. The minimum atomic E-state index is -3.69. The third-order valence-corrected chi connectivity index (χ3v) is 5.02. The number of aryl methyl sites for hydroxylation is 1. The van der Waals surface area contributed by atoms with Gasteiger partial charge in [0.2, 0.25) is 0 Å². The number of nitrogens with zero attached hydrogens (tertiary/aromatic N) is 1. The summed E-state index contributed by atoms with van der Waals surface area (Å²) in [7, 11) is -3.69. The molecular weight excluding hydrogens is 302 g/mol. The molecule has 0 saturated heterocycles. The highest BCUT2D eigenvalue weighted by molar-refractivity contribution is 7.89. The highest BCUT2D eigenvalue weighted by Crippen LogP contribution is 2.27. The summed E-state index contributed by atoms with van der Waals surface area (Å²) in [5, 5.41) is 0. The molecule has 0 aromatic heterocycles. The van der Waals surface area contributed by atoms with Crippen LogP contribution in [-0.2, 0) is 19.6 Å². The third-order valence-electron chi connectivity index (χ3n) is 3.24. The number of esters is 1. The van der Waals surface area contributed by atoms with Crippen LogP contribution in [0.25, 0.3) is 0 Å². The topological polar surface area (TPSA) is 63.7 Å². The van der Waals surface area contributed by atoms with Crippen LogP contribution in [0.4, 0.5) is 0 Å². The molecule has 0 radical (unpaired) electrons. The molecule has 1 heterocycles. The standard InChI is InChI=1S/C16H19NO4S/c1-4-21-16(18)10-14-9-13(3)11-17(14)22(19,20)15-7-5-12(2)6-8-15/h5-10H,4,11H2,1-3H3/b14-10+. The third kappa shape index (κ3) is 3.39. The van der Waals surface area contributed by atoms with Gasteiger partial charge in [-0.3, -0.25) is 4.31 Å². The second-order valence-electron chi connectivity index (χ2n) is 5.14.